The summed E-state index contributed by atoms with van der Waals surface area (Å²) >= 11 is 1.40. The van der Waals surface area contributed by atoms with Crippen molar-refractivity contribution in [2.24, 2.45) is 0 Å². The van der Waals surface area contributed by atoms with Crippen LogP contribution < -0.4 is 0 Å². The van der Waals surface area contributed by atoms with Crippen molar-refractivity contribution in [2.45, 2.75) is 13.8 Å². The molecular weight excluding hydrogens is 246 g/mol. The lowest BCUT2D eigenvalue weighted by Crippen LogP contribution is -1.81. The SMILES string of the molecule is Cc1nc2ccc(-c3nc(C)sc3C#N)cc2o1. The van der Waals surface area contributed by atoms with E-state index in [0.717, 1.165) is 27.4 Å². The van der Waals surface area contributed by atoms with E-state index in [0.29, 0.717) is 10.8 Å². The molecule has 0 spiro atoms. The molecule has 0 atom stereocenters. The maximum absolute atomic E-state index is 9.10. The van der Waals surface area contributed by atoms with E-state index >= 15 is 0 Å². The van der Waals surface area contributed by atoms with Crippen molar-refractivity contribution >= 4 is 22.4 Å². The summed E-state index contributed by atoms with van der Waals surface area (Å²) in [6, 6.07) is 7.86. The van der Waals surface area contributed by atoms with Gasteiger partial charge in [-0.3, -0.25) is 0 Å². The highest BCUT2D eigenvalue weighted by Crippen LogP contribution is 2.29. The maximum Gasteiger partial charge on any atom is 0.192 e. The quantitative estimate of drug-likeness (QED) is 0.668. The number of hydrogen-bond donors (Lipinski definition) is 0. The van der Waals surface area contributed by atoms with Gasteiger partial charge in [0.25, 0.3) is 0 Å². The summed E-state index contributed by atoms with van der Waals surface area (Å²) in [6.45, 7) is 3.71. The molecule has 3 aromatic rings. The predicted molar refractivity (Wildman–Crippen MR) is 69.3 cm³/mol. The van der Waals surface area contributed by atoms with Crippen LogP contribution in [-0.4, -0.2) is 9.97 Å². The second-order valence-corrected chi connectivity index (χ2v) is 5.14. The van der Waals surface area contributed by atoms with Gasteiger partial charge < -0.3 is 4.42 Å². The van der Waals surface area contributed by atoms with Gasteiger partial charge in [-0.25, -0.2) is 9.97 Å². The molecule has 1 aromatic carbocycles. The third-order valence-corrected chi connectivity index (χ3v) is 3.48. The number of benzene rings is 1. The molecule has 2 aromatic heterocycles. The van der Waals surface area contributed by atoms with Crippen LogP contribution in [0.25, 0.3) is 22.4 Å². The number of nitrogens with zero attached hydrogens (tertiary/aromatic N) is 3. The number of thiazole rings is 1. The van der Waals surface area contributed by atoms with Gasteiger partial charge in [-0.2, -0.15) is 5.26 Å². The summed E-state index contributed by atoms with van der Waals surface area (Å²) in [5.41, 5.74) is 3.15. The van der Waals surface area contributed by atoms with E-state index in [2.05, 4.69) is 16.0 Å². The number of oxazole rings is 1. The number of hydrogen-bond acceptors (Lipinski definition) is 5. The topological polar surface area (TPSA) is 62.7 Å². The normalized spacial score (nSPS) is 10.7. The van der Waals surface area contributed by atoms with Crippen molar-refractivity contribution in [3.8, 4) is 17.3 Å². The van der Waals surface area contributed by atoms with Crippen molar-refractivity contribution in [3.05, 3.63) is 34.0 Å². The Hall–Kier alpha value is -2.19. The van der Waals surface area contributed by atoms with Gasteiger partial charge in [-0.05, 0) is 19.1 Å². The second kappa shape index (κ2) is 3.93. The van der Waals surface area contributed by atoms with Crippen molar-refractivity contribution < 1.29 is 4.42 Å². The molecule has 0 radical (unpaired) electrons. The van der Waals surface area contributed by atoms with E-state index in [9.17, 15) is 0 Å². The van der Waals surface area contributed by atoms with Crippen LogP contribution in [0.15, 0.2) is 22.6 Å². The number of nitriles is 1. The van der Waals surface area contributed by atoms with Crippen molar-refractivity contribution in [3.63, 3.8) is 0 Å². The van der Waals surface area contributed by atoms with Gasteiger partial charge in [-0.15, -0.1) is 11.3 Å². The Labute approximate surface area is 108 Å². The zero-order chi connectivity index (χ0) is 12.7. The second-order valence-electron chi connectivity index (χ2n) is 3.94. The van der Waals surface area contributed by atoms with Gasteiger partial charge in [0.2, 0.25) is 0 Å². The lowest BCUT2D eigenvalue weighted by Gasteiger charge is -1.96. The molecule has 0 unspecified atom stereocenters. The highest BCUT2D eigenvalue weighted by Gasteiger charge is 2.12. The van der Waals surface area contributed by atoms with E-state index in [4.69, 9.17) is 9.68 Å². The fourth-order valence-corrected chi connectivity index (χ4v) is 2.62. The van der Waals surface area contributed by atoms with Crippen LogP contribution in [0.2, 0.25) is 0 Å². The molecular formula is C13H9N3OS. The lowest BCUT2D eigenvalue weighted by molar-refractivity contribution is 0.561. The molecule has 2 heterocycles. The van der Waals surface area contributed by atoms with Crippen LogP contribution in [0.3, 0.4) is 0 Å². The fourth-order valence-electron chi connectivity index (χ4n) is 1.89. The Balaban J connectivity index is 2.22. The lowest BCUT2D eigenvalue weighted by atomic mass is 10.1. The highest BCUT2D eigenvalue weighted by molar-refractivity contribution is 7.12. The van der Waals surface area contributed by atoms with Crippen molar-refractivity contribution in [2.75, 3.05) is 0 Å². The molecule has 0 saturated carbocycles. The summed E-state index contributed by atoms with van der Waals surface area (Å²) in [5.74, 6) is 0.636. The molecule has 0 aliphatic carbocycles. The predicted octanol–water partition coefficient (Wildman–Crippen LogP) is 3.44. The molecule has 18 heavy (non-hydrogen) atoms. The molecule has 4 nitrogen and oxygen atoms in total. The monoisotopic (exact) mass is 255 g/mol. The fraction of sp³-hybridized carbons (Fsp3) is 0.154. The molecule has 0 aliphatic rings. The standard InChI is InChI=1S/C13H9N3OS/c1-7-15-10-4-3-9(5-11(10)17-7)13-12(6-14)18-8(2)16-13/h3-5H,1-2H3. The Bertz CT molecular complexity index is 779. The third kappa shape index (κ3) is 1.67. The first-order valence-corrected chi connectivity index (χ1v) is 6.24. The Morgan fingerprint density at radius 3 is 2.89 bits per heavy atom. The van der Waals surface area contributed by atoms with Gasteiger partial charge in [-0.1, -0.05) is 6.07 Å². The van der Waals surface area contributed by atoms with Gasteiger partial charge >= 0.3 is 0 Å². The molecule has 88 valence electrons. The van der Waals surface area contributed by atoms with Gasteiger partial charge in [0.15, 0.2) is 11.5 Å². The van der Waals surface area contributed by atoms with Crippen molar-refractivity contribution in [1.29, 1.82) is 5.26 Å². The summed E-state index contributed by atoms with van der Waals surface area (Å²) in [5, 5.41) is 9.98. The summed E-state index contributed by atoms with van der Waals surface area (Å²) in [7, 11) is 0. The van der Waals surface area contributed by atoms with E-state index in [1.807, 2.05) is 32.0 Å². The van der Waals surface area contributed by atoms with E-state index in [1.54, 1.807) is 0 Å². The average Bonchev–Trinajstić information content (AvgIpc) is 2.89. The molecule has 0 saturated heterocycles. The minimum Gasteiger partial charge on any atom is -0.441 e. The highest BCUT2D eigenvalue weighted by atomic mass is 32.1. The molecule has 5 heteroatoms. The van der Waals surface area contributed by atoms with Crippen LogP contribution >= 0.6 is 11.3 Å². The Morgan fingerprint density at radius 1 is 1.28 bits per heavy atom. The van der Waals surface area contributed by atoms with Crippen LogP contribution in [0.5, 0.6) is 0 Å². The molecule has 0 aliphatic heterocycles. The first-order chi connectivity index (χ1) is 8.67. The minimum absolute atomic E-state index is 0.628. The van der Waals surface area contributed by atoms with Gasteiger partial charge in [0, 0.05) is 12.5 Å². The number of aryl methyl sites for hydroxylation is 2. The molecule has 0 bridgehead atoms. The zero-order valence-electron chi connectivity index (χ0n) is 9.89. The number of fused-ring (bicyclic) bond motifs is 1. The first-order valence-electron chi connectivity index (χ1n) is 5.42. The third-order valence-electron chi connectivity index (χ3n) is 2.60. The van der Waals surface area contributed by atoms with Crippen LogP contribution in [0, 0.1) is 25.2 Å². The first kappa shape index (κ1) is 10.9. The van der Waals surface area contributed by atoms with Crippen LogP contribution in [-0.2, 0) is 0 Å². The summed E-state index contributed by atoms with van der Waals surface area (Å²) in [6.07, 6.45) is 0. The molecule has 0 amide bonds. The number of rotatable bonds is 1. The molecule has 3 rings (SSSR count). The zero-order valence-corrected chi connectivity index (χ0v) is 10.7. The van der Waals surface area contributed by atoms with E-state index < -0.39 is 0 Å². The summed E-state index contributed by atoms with van der Waals surface area (Å²) < 4.78 is 5.49. The largest absolute Gasteiger partial charge is 0.441 e. The summed E-state index contributed by atoms with van der Waals surface area (Å²) in [4.78, 5) is 9.27. The number of aromatic nitrogens is 2. The molecule has 0 N–H and O–H groups in total. The maximum atomic E-state index is 9.10. The molecule has 0 fully saturated rings. The van der Waals surface area contributed by atoms with Gasteiger partial charge in [0.1, 0.15) is 16.5 Å². The van der Waals surface area contributed by atoms with Gasteiger partial charge in [0.05, 0.1) is 10.7 Å². The smallest absolute Gasteiger partial charge is 0.192 e. The average molecular weight is 255 g/mol. The van der Waals surface area contributed by atoms with Crippen LogP contribution in [0.1, 0.15) is 15.8 Å². The Kier molecular flexibility index (Phi) is 2.39. The Morgan fingerprint density at radius 2 is 2.11 bits per heavy atom. The van der Waals surface area contributed by atoms with E-state index in [1.165, 1.54) is 11.3 Å². The van der Waals surface area contributed by atoms with E-state index in [-0.39, 0.29) is 0 Å². The van der Waals surface area contributed by atoms with Crippen LogP contribution in [0.4, 0.5) is 0 Å². The minimum atomic E-state index is 0.628. The van der Waals surface area contributed by atoms with Crippen molar-refractivity contribution in [1.82, 2.24) is 9.97 Å².